The Bertz CT molecular complexity index is 417. The van der Waals surface area contributed by atoms with Crippen molar-refractivity contribution >= 4 is 11.8 Å². The van der Waals surface area contributed by atoms with E-state index in [1.165, 1.54) is 5.56 Å². The molecule has 0 aliphatic carbocycles. The van der Waals surface area contributed by atoms with Gasteiger partial charge in [-0.3, -0.25) is 9.59 Å². The standard InChI is InChI=1S/C14H18N2O2/c17-13-9-12(10-16-13)14(18)15-8-4-7-11-5-2-1-3-6-11/h1-3,5-6,12H,4,7-10H2,(H,15,18)(H,16,17). The van der Waals surface area contributed by atoms with E-state index in [9.17, 15) is 9.59 Å². The van der Waals surface area contributed by atoms with E-state index in [1.807, 2.05) is 18.2 Å². The molecule has 0 spiro atoms. The third-order valence-electron chi connectivity index (χ3n) is 3.13. The molecule has 1 aromatic rings. The third kappa shape index (κ3) is 3.58. The predicted molar refractivity (Wildman–Crippen MR) is 68.9 cm³/mol. The minimum atomic E-state index is -0.186. The number of hydrogen-bond acceptors (Lipinski definition) is 2. The highest BCUT2D eigenvalue weighted by Gasteiger charge is 2.27. The zero-order chi connectivity index (χ0) is 12.8. The van der Waals surface area contributed by atoms with Crippen molar-refractivity contribution in [3.63, 3.8) is 0 Å². The highest BCUT2D eigenvalue weighted by Crippen LogP contribution is 2.08. The van der Waals surface area contributed by atoms with Crippen molar-refractivity contribution in [3.8, 4) is 0 Å². The zero-order valence-electron chi connectivity index (χ0n) is 10.3. The van der Waals surface area contributed by atoms with Crippen molar-refractivity contribution in [2.75, 3.05) is 13.1 Å². The summed E-state index contributed by atoms with van der Waals surface area (Å²) in [5.74, 6) is -0.227. The van der Waals surface area contributed by atoms with Gasteiger partial charge in [-0.1, -0.05) is 30.3 Å². The Hall–Kier alpha value is -1.84. The van der Waals surface area contributed by atoms with E-state index in [2.05, 4.69) is 22.8 Å². The average molecular weight is 246 g/mol. The highest BCUT2D eigenvalue weighted by molar-refractivity contribution is 5.89. The normalized spacial score (nSPS) is 18.4. The van der Waals surface area contributed by atoms with Crippen molar-refractivity contribution < 1.29 is 9.59 Å². The summed E-state index contributed by atoms with van der Waals surface area (Å²) in [6, 6.07) is 10.2. The van der Waals surface area contributed by atoms with Crippen molar-refractivity contribution in [3.05, 3.63) is 35.9 Å². The summed E-state index contributed by atoms with van der Waals surface area (Å²) < 4.78 is 0. The fourth-order valence-electron chi connectivity index (χ4n) is 2.08. The maximum Gasteiger partial charge on any atom is 0.225 e. The molecule has 0 radical (unpaired) electrons. The quantitative estimate of drug-likeness (QED) is 0.757. The van der Waals surface area contributed by atoms with Crippen LogP contribution in [0.1, 0.15) is 18.4 Å². The van der Waals surface area contributed by atoms with Crippen LogP contribution in [0, 0.1) is 5.92 Å². The lowest BCUT2D eigenvalue weighted by Gasteiger charge is -2.08. The van der Waals surface area contributed by atoms with E-state index in [0.29, 0.717) is 19.5 Å². The van der Waals surface area contributed by atoms with Crippen molar-refractivity contribution in [1.82, 2.24) is 10.6 Å². The summed E-state index contributed by atoms with van der Waals surface area (Å²) in [4.78, 5) is 22.7. The SMILES string of the molecule is O=C1CC(C(=O)NCCCc2ccccc2)CN1. The lowest BCUT2D eigenvalue weighted by atomic mass is 10.1. The highest BCUT2D eigenvalue weighted by atomic mass is 16.2. The monoisotopic (exact) mass is 246 g/mol. The fraction of sp³-hybridized carbons (Fsp3) is 0.429. The molecular weight excluding hydrogens is 228 g/mol. The van der Waals surface area contributed by atoms with E-state index in [-0.39, 0.29) is 17.7 Å². The van der Waals surface area contributed by atoms with Gasteiger partial charge in [0.05, 0.1) is 5.92 Å². The molecule has 1 atom stereocenters. The summed E-state index contributed by atoms with van der Waals surface area (Å²) in [7, 11) is 0. The summed E-state index contributed by atoms with van der Waals surface area (Å²) in [5.41, 5.74) is 1.28. The zero-order valence-corrected chi connectivity index (χ0v) is 10.3. The molecule has 1 saturated heterocycles. The maximum atomic E-state index is 11.7. The Kier molecular flexibility index (Phi) is 4.34. The number of carbonyl (C=O) groups is 2. The van der Waals surface area contributed by atoms with Crippen LogP contribution in [0.3, 0.4) is 0 Å². The molecule has 0 saturated carbocycles. The van der Waals surface area contributed by atoms with Gasteiger partial charge in [0.25, 0.3) is 0 Å². The largest absolute Gasteiger partial charge is 0.356 e. The van der Waals surface area contributed by atoms with E-state index in [1.54, 1.807) is 0 Å². The average Bonchev–Trinajstić information content (AvgIpc) is 2.82. The van der Waals surface area contributed by atoms with Crippen LogP contribution < -0.4 is 10.6 Å². The molecule has 1 heterocycles. The van der Waals surface area contributed by atoms with Crippen molar-refractivity contribution in [1.29, 1.82) is 0 Å². The Morgan fingerprint density at radius 3 is 2.78 bits per heavy atom. The van der Waals surface area contributed by atoms with E-state index in [0.717, 1.165) is 12.8 Å². The maximum absolute atomic E-state index is 11.7. The van der Waals surface area contributed by atoms with Gasteiger partial charge >= 0.3 is 0 Å². The van der Waals surface area contributed by atoms with Gasteiger partial charge < -0.3 is 10.6 Å². The number of carbonyl (C=O) groups excluding carboxylic acids is 2. The number of amides is 2. The molecule has 1 unspecified atom stereocenters. The molecule has 2 N–H and O–H groups in total. The van der Waals surface area contributed by atoms with Gasteiger partial charge in [-0.25, -0.2) is 0 Å². The van der Waals surface area contributed by atoms with Crippen molar-refractivity contribution in [2.24, 2.45) is 5.92 Å². The minimum Gasteiger partial charge on any atom is -0.356 e. The van der Waals surface area contributed by atoms with E-state index >= 15 is 0 Å². The Balaban J connectivity index is 1.63. The van der Waals surface area contributed by atoms with Gasteiger partial charge in [0, 0.05) is 19.5 Å². The van der Waals surface area contributed by atoms with Crippen LogP contribution in [0.5, 0.6) is 0 Å². The Morgan fingerprint density at radius 1 is 1.33 bits per heavy atom. The number of hydrogen-bond donors (Lipinski definition) is 2. The van der Waals surface area contributed by atoms with Crippen LogP contribution in [0.15, 0.2) is 30.3 Å². The number of benzene rings is 1. The first-order chi connectivity index (χ1) is 8.75. The van der Waals surface area contributed by atoms with Gasteiger partial charge in [0.15, 0.2) is 0 Å². The summed E-state index contributed by atoms with van der Waals surface area (Å²) >= 11 is 0. The van der Waals surface area contributed by atoms with E-state index in [4.69, 9.17) is 0 Å². The molecule has 4 nitrogen and oxygen atoms in total. The van der Waals surface area contributed by atoms with Crippen LogP contribution >= 0.6 is 0 Å². The molecular formula is C14H18N2O2. The summed E-state index contributed by atoms with van der Waals surface area (Å²) in [6.07, 6.45) is 2.21. The first-order valence-electron chi connectivity index (χ1n) is 6.34. The second-order valence-corrected chi connectivity index (χ2v) is 4.59. The third-order valence-corrected chi connectivity index (χ3v) is 3.13. The van der Waals surface area contributed by atoms with Crippen molar-refractivity contribution in [2.45, 2.75) is 19.3 Å². The van der Waals surface area contributed by atoms with Gasteiger partial charge in [-0.2, -0.15) is 0 Å². The number of nitrogens with one attached hydrogen (secondary N) is 2. The lowest BCUT2D eigenvalue weighted by Crippen LogP contribution is -2.32. The van der Waals surface area contributed by atoms with Gasteiger partial charge in [-0.05, 0) is 18.4 Å². The molecule has 1 aliphatic heterocycles. The Labute approximate surface area is 107 Å². The lowest BCUT2D eigenvalue weighted by molar-refractivity contribution is -0.126. The van der Waals surface area contributed by atoms with Crippen LogP contribution in [-0.4, -0.2) is 24.9 Å². The van der Waals surface area contributed by atoms with Crippen LogP contribution in [-0.2, 0) is 16.0 Å². The summed E-state index contributed by atoms with van der Waals surface area (Å²) in [5, 5.41) is 5.55. The molecule has 1 aliphatic rings. The van der Waals surface area contributed by atoms with E-state index < -0.39 is 0 Å². The predicted octanol–water partition coefficient (Wildman–Crippen LogP) is 0.871. The molecule has 0 aromatic heterocycles. The van der Waals surface area contributed by atoms with Crippen LogP contribution in [0.4, 0.5) is 0 Å². The molecule has 2 rings (SSSR count). The molecule has 4 heteroatoms. The van der Waals surface area contributed by atoms with Gasteiger partial charge in [-0.15, -0.1) is 0 Å². The minimum absolute atomic E-state index is 0.0126. The first-order valence-corrected chi connectivity index (χ1v) is 6.34. The molecule has 18 heavy (non-hydrogen) atoms. The number of rotatable bonds is 5. The van der Waals surface area contributed by atoms with Crippen LogP contribution in [0.2, 0.25) is 0 Å². The molecule has 2 amide bonds. The molecule has 1 fully saturated rings. The van der Waals surface area contributed by atoms with Gasteiger partial charge in [0.1, 0.15) is 0 Å². The first kappa shape index (κ1) is 12.6. The Morgan fingerprint density at radius 2 is 2.11 bits per heavy atom. The smallest absolute Gasteiger partial charge is 0.225 e. The molecule has 1 aromatic carbocycles. The van der Waals surface area contributed by atoms with Crippen LogP contribution in [0.25, 0.3) is 0 Å². The topological polar surface area (TPSA) is 58.2 Å². The second-order valence-electron chi connectivity index (χ2n) is 4.59. The summed E-state index contributed by atoms with van der Waals surface area (Å²) in [6.45, 7) is 1.14. The molecule has 96 valence electrons. The van der Waals surface area contributed by atoms with Gasteiger partial charge in [0.2, 0.25) is 11.8 Å². The fourth-order valence-corrected chi connectivity index (χ4v) is 2.08. The molecule has 0 bridgehead atoms. The number of aryl methyl sites for hydroxylation is 1. The second kappa shape index (κ2) is 6.19.